The molecule has 0 spiro atoms. The summed E-state index contributed by atoms with van der Waals surface area (Å²) in [6.45, 7) is 2.82. The molecule has 5 nitrogen and oxygen atoms in total. The van der Waals surface area contributed by atoms with Crippen LogP contribution in [-0.2, 0) is 11.3 Å². The fourth-order valence-electron chi connectivity index (χ4n) is 2.46. The second-order valence-corrected chi connectivity index (χ2v) is 4.94. The van der Waals surface area contributed by atoms with Crippen LogP contribution >= 0.6 is 0 Å². The first-order valence-electron chi connectivity index (χ1n) is 6.35. The van der Waals surface area contributed by atoms with E-state index in [-0.39, 0.29) is 5.91 Å². The predicted molar refractivity (Wildman–Crippen MR) is 70.5 cm³/mol. The van der Waals surface area contributed by atoms with Gasteiger partial charge in [-0.2, -0.15) is 0 Å². The van der Waals surface area contributed by atoms with Crippen LogP contribution in [0, 0.1) is 5.92 Å². The molecular weight excluding hydrogens is 228 g/mol. The van der Waals surface area contributed by atoms with Crippen LogP contribution in [-0.4, -0.2) is 28.9 Å². The van der Waals surface area contributed by atoms with Gasteiger partial charge in [0.05, 0.1) is 0 Å². The van der Waals surface area contributed by atoms with Crippen molar-refractivity contribution in [3.05, 3.63) is 23.9 Å². The molecular formula is C13H20N4O. The summed E-state index contributed by atoms with van der Waals surface area (Å²) in [5.74, 6) is 0.867. The minimum Gasteiger partial charge on any atom is -0.383 e. The molecule has 18 heavy (non-hydrogen) atoms. The highest BCUT2D eigenvalue weighted by Crippen LogP contribution is 2.22. The second kappa shape index (κ2) is 5.82. The zero-order valence-corrected chi connectivity index (χ0v) is 10.5. The number of amides is 1. The minimum absolute atomic E-state index is 0.190. The van der Waals surface area contributed by atoms with Crippen molar-refractivity contribution in [3.8, 4) is 0 Å². The smallest absolute Gasteiger partial charge is 0.217 e. The van der Waals surface area contributed by atoms with Gasteiger partial charge in [0.1, 0.15) is 5.82 Å². The first kappa shape index (κ1) is 12.8. The van der Waals surface area contributed by atoms with E-state index in [1.54, 1.807) is 6.20 Å². The molecule has 98 valence electrons. The van der Waals surface area contributed by atoms with Gasteiger partial charge in [0.25, 0.3) is 0 Å². The Labute approximate surface area is 107 Å². The lowest BCUT2D eigenvalue weighted by molar-refractivity contribution is -0.119. The SMILES string of the molecule is NC(=O)CC1CCN(Cc2cccnc2N)CC1. The average Bonchev–Trinajstić information content (AvgIpc) is 2.34. The van der Waals surface area contributed by atoms with Crippen molar-refractivity contribution in [1.82, 2.24) is 9.88 Å². The Morgan fingerprint density at radius 2 is 2.17 bits per heavy atom. The lowest BCUT2D eigenvalue weighted by Crippen LogP contribution is -2.34. The predicted octanol–water partition coefficient (Wildman–Crippen LogP) is 0.751. The molecule has 2 rings (SSSR count). The highest BCUT2D eigenvalue weighted by Gasteiger charge is 2.21. The second-order valence-electron chi connectivity index (χ2n) is 4.94. The number of hydrogen-bond donors (Lipinski definition) is 2. The highest BCUT2D eigenvalue weighted by atomic mass is 16.1. The van der Waals surface area contributed by atoms with Gasteiger partial charge in [-0.1, -0.05) is 6.07 Å². The number of carbonyl (C=O) groups is 1. The molecule has 4 N–H and O–H groups in total. The average molecular weight is 248 g/mol. The van der Waals surface area contributed by atoms with Crippen molar-refractivity contribution < 1.29 is 4.79 Å². The monoisotopic (exact) mass is 248 g/mol. The Morgan fingerprint density at radius 3 is 2.78 bits per heavy atom. The van der Waals surface area contributed by atoms with Crippen molar-refractivity contribution >= 4 is 11.7 Å². The fraction of sp³-hybridized carbons (Fsp3) is 0.538. The molecule has 1 amide bonds. The normalized spacial score (nSPS) is 17.8. The van der Waals surface area contributed by atoms with Crippen molar-refractivity contribution in [3.63, 3.8) is 0 Å². The first-order chi connectivity index (χ1) is 8.65. The lowest BCUT2D eigenvalue weighted by atomic mass is 9.93. The molecule has 1 aliphatic heterocycles. The van der Waals surface area contributed by atoms with Crippen LogP contribution in [0.3, 0.4) is 0 Å². The van der Waals surface area contributed by atoms with E-state index < -0.39 is 0 Å². The van der Waals surface area contributed by atoms with E-state index in [9.17, 15) is 4.79 Å². The van der Waals surface area contributed by atoms with Crippen LogP contribution in [0.2, 0.25) is 0 Å². The molecule has 0 aliphatic carbocycles. The van der Waals surface area contributed by atoms with Crippen LogP contribution < -0.4 is 11.5 Å². The lowest BCUT2D eigenvalue weighted by Gasteiger charge is -2.31. The third kappa shape index (κ3) is 3.43. The van der Waals surface area contributed by atoms with Gasteiger partial charge in [0, 0.05) is 24.7 Å². The molecule has 0 unspecified atom stereocenters. The summed E-state index contributed by atoms with van der Waals surface area (Å²) in [5.41, 5.74) is 12.1. The molecule has 1 aromatic rings. The van der Waals surface area contributed by atoms with Crippen LogP contribution in [0.4, 0.5) is 5.82 Å². The summed E-state index contributed by atoms with van der Waals surface area (Å²) in [5, 5.41) is 0. The number of likely N-dealkylation sites (tertiary alicyclic amines) is 1. The Hall–Kier alpha value is -1.62. The van der Waals surface area contributed by atoms with Gasteiger partial charge in [0.2, 0.25) is 5.91 Å². The van der Waals surface area contributed by atoms with E-state index in [0.717, 1.165) is 38.0 Å². The number of aromatic nitrogens is 1. The van der Waals surface area contributed by atoms with Gasteiger partial charge >= 0.3 is 0 Å². The van der Waals surface area contributed by atoms with E-state index in [0.29, 0.717) is 18.2 Å². The number of nitrogens with two attached hydrogens (primary N) is 2. The van der Waals surface area contributed by atoms with Crippen molar-refractivity contribution in [2.45, 2.75) is 25.8 Å². The maximum Gasteiger partial charge on any atom is 0.217 e. The largest absolute Gasteiger partial charge is 0.383 e. The summed E-state index contributed by atoms with van der Waals surface area (Å²) in [6.07, 6.45) is 4.28. The Kier molecular flexibility index (Phi) is 4.15. The number of piperidine rings is 1. The van der Waals surface area contributed by atoms with Crippen molar-refractivity contribution in [2.24, 2.45) is 11.7 Å². The van der Waals surface area contributed by atoms with E-state index >= 15 is 0 Å². The topological polar surface area (TPSA) is 85.2 Å². The summed E-state index contributed by atoms with van der Waals surface area (Å²) in [4.78, 5) is 17.3. The number of carbonyl (C=O) groups excluding carboxylic acids is 1. The quantitative estimate of drug-likeness (QED) is 0.823. The van der Waals surface area contributed by atoms with E-state index in [1.807, 2.05) is 12.1 Å². The third-order valence-corrected chi connectivity index (χ3v) is 3.52. The molecule has 1 aliphatic rings. The van der Waals surface area contributed by atoms with Crippen LogP contribution in [0.15, 0.2) is 18.3 Å². The Morgan fingerprint density at radius 1 is 1.44 bits per heavy atom. The molecule has 2 heterocycles. The van der Waals surface area contributed by atoms with Gasteiger partial charge in [-0.25, -0.2) is 4.98 Å². The zero-order valence-electron chi connectivity index (χ0n) is 10.5. The number of hydrogen-bond acceptors (Lipinski definition) is 4. The zero-order chi connectivity index (χ0) is 13.0. The molecule has 1 saturated heterocycles. The molecule has 0 aromatic carbocycles. The van der Waals surface area contributed by atoms with Crippen molar-refractivity contribution in [2.75, 3.05) is 18.8 Å². The molecule has 1 fully saturated rings. The van der Waals surface area contributed by atoms with E-state index in [1.165, 1.54) is 0 Å². The van der Waals surface area contributed by atoms with Crippen LogP contribution in [0.25, 0.3) is 0 Å². The van der Waals surface area contributed by atoms with Gasteiger partial charge in [0.15, 0.2) is 0 Å². The standard InChI is InChI=1S/C13H20N4O/c14-12(18)8-10-3-6-17(7-4-10)9-11-2-1-5-16-13(11)15/h1-2,5,10H,3-4,6-9H2,(H2,14,18)(H2,15,16). The molecule has 0 bridgehead atoms. The minimum atomic E-state index is -0.190. The summed E-state index contributed by atoms with van der Waals surface area (Å²) in [7, 11) is 0. The number of nitrogens with zero attached hydrogens (tertiary/aromatic N) is 2. The molecule has 0 saturated carbocycles. The number of nitrogen functional groups attached to an aromatic ring is 1. The molecule has 0 radical (unpaired) electrons. The highest BCUT2D eigenvalue weighted by molar-refractivity contribution is 5.73. The van der Waals surface area contributed by atoms with Gasteiger partial charge in [-0.15, -0.1) is 0 Å². The fourth-order valence-corrected chi connectivity index (χ4v) is 2.46. The summed E-state index contributed by atoms with van der Waals surface area (Å²) < 4.78 is 0. The third-order valence-electron chi connectivity index (χ3n) is 3.52. The van der Waals surface area contributed by atoms with Crippen molar-refractivity contribution in [1.29, 1.82) is 0 Å². The summed E-state index contributed by atoms with van der Waals surface area (Å²) in [6, 6.07) is 3.92. The number of anilines is 1. The van der Waals surface area contributed by atoms with E-state index in [4.69, 9.17) is 11.5 Å². The van der Waals surface area contributed by atoms with Gasteiger partial charge in [-0.05, 0) is 37.9 Å². The maximum atomic E-state index is 10.9. The number of pyridine rings is 1. The molecule has 1 aromatic heterocycles. The Bertz CT molecular complexity index is 413. The maximum absolute atomic E-state index is 10.9. The molecule has 0 atom stereocenters. The summed E-state index contributed by atoms with van der Waals surface area (Å²) >= 11 is 0. The number of rotatable bonds is 4. The van der Waals surface area contributed by atoms with Crippen LogP contribution in [0.1, 0.15) is 24.8 Å². The number of primary amides is 1. The van der Waals surface area contributed by atoms with Gasteiger partial charge < -0.3 is 11.5 Å². The van der Waals surface area contributed by atoms with E-state index in [2.05, 4.69) is 9.88 Å². The van der Waals surface area contributed by atoms with Gasteiger partial charge in [-0.3, -0.25) is 9.69 Å². The first-order valence-corrected chi connectivity index (χ1v) is 6.35. The molecule has 5 heteroatoms. The van der Waals surface area contributed by atoms with Crippen LogP contribution in [0.5, 0.6) is 0 Å². The Balaban J connectivity index is 1.84.